The molecule has 2 saturated heterocycles. The molecule has 2 aliphatic rings. The maximum absolute atomic E-state index is 12.6. The highest BCUT2D eigenvalue weighted by Gasteiger charge is 2.36. The molecule has 0 aliphatic carbocycles. The topological polar surface area (TPSA) is 60.9 Å². The predicted molar refractivity (Wildman–Crippen MR) is 71.9 cm³/mol. The Morgan fingerprint density at radius 3 is 2.42 bits per heavy atom. The van der Waals surface area contributed by atoms with Crippen molar-refractivity contribution >= 4 is 12.0 Å². The quantitative estimate of drug-likeness (QED) is 0.835. The third-order valence-electron chi connectivity index (χ3n) is 4.65. The van der Waals surface area contributed by atoms with Crippen LogP contribution in [0.3, 0.4) is 0 Å². The summed E-state index contributed by atoms with van der Waals surface area (Å²) in [5.41, 5.74) is 0. The van der Waals surface area contributed by atoms with E-state index in [2.05, 4.69) is 13.8 Å². The first-order valence-electron chi connectivity index (χ1n) is 7.29. The number of rotatable bonds is 2. The molecule has 108 valence electrons. The number of amides is 2. The van der Waals surface area contributed by atoms with Crippen molar-refractivity contribution < 1.29 is 14.7 Å². The van der Waals surface area contributed by atoms with Crippen molar-refractivity contribution in [2.45, 2.75) is 58.0 Å². The highest BCUT2D eigenvalue weighted by atomic mass is 16.4. The van der Waals surface area contributed by atoms with Gasteiger partial charge in [-0.05, 0) is 38.5 Å². The van der Waals surface area contributed by atoms with Crippen molar-refractivity contribution in [2.24, 2.45) is 5.92 Å². The number of carboxylic acids is 1. The van der Waals surface area contributed by atoms with E-state index in [-0.39, 0.29) is 24.5 Å². The van der Waals surface area contributed by atoms with E-state index in [1.54, 1.807) is 4.90 Å². The molecule has 0 aromatic rings. The second-order valence-corrected chi connectivity index (χ2v) is 5.92. The fourth-order valence-corrected chi connectivity index (χ4v) is 3.27. The number of carboxylic acid groups (broad SMARTS) is 1. The summed E-state index contributed by atoms with van der Waals surface area (Å²) < 4.78 is 0. The summed E-state index contributed by atoms with van der Waals surface area (Å²) >= 11 is 0. The lowest BCUT2D eigenvalue weighted by atomic mass is 9.92. The summed E-state index contributed by atoms with van der Waals surface area (Å²) in [5, 5.41) is 8.93. The number of piperidine rings is 1. The maximum Gasteiger partial charge on any atom is 0.320 e. The van der Waals surface area contributed by atoms with Gasteiger partial charge in [-0.25, -0.2) is 4.79 Å². The van der Waals surface area contributed by atoms with Crippen LogP contribution in [0.1, 0.15) is 46.0 Å². The normalized spacial score (nSPS) is 31.6. The molecule has 2 heterocycles. The average molecular weight is 268 g/mol. The summed E-state index contributed by atoms with van der Waals surface area (Å²) in [6.07, 6.45) is 4.03. The molecule has 0 spiro atoms. The van der Waals surface area contributed by atoms with Crippen molar-refractivity contribution in [2.75, 3.05) is 13.1 Å². The minimum Gasteiger partial charge on any atom is -0.481 e. The molecule has 0 radical (unpaired) electrons. The zero-order chi connectivity index (χ0) is 14.0. The standard InChI is InChI=1S/C14H24N2O3/c1-10-5-3-7-15(11(10)2)14(19)16-8-4-6-12(16)9-13(17)18/h10-12H,3-9H2,1-2H3,(H,17,18). The van der Waals surface area contributed by atoms with Gasteiger partial charge in [-0.1, -0.05) is 6.92 Å². The van der Waals surface area contributed by atoms with Crippen LogP contribution in [0.2, 0.25) is 0 Å². The van der Waals surface area contributed by atoms with Crippen molar-refractivity contribution in [1.82, 2.24) is 9.80 Å². The van der Waals surface area contributed by atoms with Crippen LogP contribution < -0.4 is 0 Å². The van der Waals surface area contributed by atoms with Crippen LogP contribution in [0.15, 0.2) is 0 Å². The molecule has 2 rings (SSSR count). The van der Waals surface area contributed by atoms with Crippen LogP contribution in [0.4, 0.5) is 4.79 Å². The Bertz CT molecular complexity index is 359. The van der Waals surface area contributed by atoms with Crippen LogP contribution in [-0.4, -0.2) is 52.1 Å². The fraction of sp³-hybridized carbons (Fsp3) is 0.857. The Morgan fingerprint density at radius 2 is 1.74 bits per heavy atom. The van der Waals surface area contributed by atoms with Crippen LogP contribution in [-0.2, 0) is 4.79 Å². The lowest BCUT2D eigenvalue weighted by Gasteiger charge is -2.41. The zero-order valence-corrected chi connectivity index (χ0v) is 11.8. The van der Waals surface area contributed by atoms with E-state index >= 15 is 0 Å². The first kappa shape index (κ1) is 14.2. The number of urea groups is 1. The fourth-order valence-electron chi connectivity index (χ4n) is 3.27. The molecule has 0 bridgehead atoms. The van der Waals surface area contributed by atoms with Gasteiger partial charge in [-0.2, -0.15) is 0 Å². The summed E-state index contributed by atoms with van der Waals surface area (Å²) in [5.74, 6) is -0.289. The summed E-state index contributed by atoms with van der Waals surface area (Å²) in [6, 6.07) is 0.185. The average Bonchev–Trinajstić information content (AvgIpc) is 2.79. The molecule has 19 heavy (non-hydrogen) atoms. The Morgan fingerprint density at radius 1 is 1.11 bits per heavy atom. The van der Waals surface area contributed by atoms with Crippen LogP contribution in [0.5, 0.6) is 0 Å². The molecule has 5 nitrogen and oxygen atoms in total. The highest BCUT2D eigenvalue weighted by Crippen LogP contribution is 2.27. The number of likely N-dealkylation sites (tertiary alicyclic amines) is 2. The molecule has 0 saturated carbocycles. The smallest absolute Gasteiger partial charge is 0.320 e. The molecule has 3 atom stereocenters. The Labute approximate surface area is 114 Å². The van der Waals surface area contributed by atoms with Crippen molar-refractivity contribution in [1.29, 1.82) is 0 Å². The van der Waals surface area contributed by atoms with Gasteiger partial charge in [0.2, 0.25) is 0 Å². The highest BCUT2D eigenvalue weighted by molar-refractivity contribution is 5.77. The Hall–Kier alpha value is -1.26. The van der Waals surface area contributed by atoms with Gasteiger partial charge in [-0.3, -0.25) is 4.79 Å². The minimum atomic E-state index is -0.815. The summed E-state index contributed by atoms with van der Waals surface area (Å²) in [4.78, 5) is 27.2. The van der Waals surface area contributed by atoms with Gasteiger partial charge >= 0.3 is 12.0 Å². The monoisotopic (exact) mass is 268 g/mol. The lowest BCUT2D eigenvalue weighted by molar-refractivity contribution is -0.138. The van der Waals surface area contributed by atoms with Crippen LogP contribution in [0, 0.1) is 5.92 Å². The second kappa shape index (κ2) is 5.80. The van der Waals surface area contributed by atoms with Gasteiger partial charge in [-0.15, -0.1) is 0 Å². The van der Waals surface area contributed by atoms with Gasteiger partial charge in [0.15, 0.2) is 0 Å². The maximum atomic E-state index is 12.6. The first-order valence-corrected chi connectivity index (χ1v) is 7.29. The minimum absolute atomic E-state index is 0.0443. The molecule has 2 fully saturated rings. The van der Waals surface area contributed by atoms with E-state index in [1.807, 2.05) is 4.90 Å². The number of carbonyl (C=O) groups excluding carboxylic acids is 1. The van der Waals surface area contributed by atoms with Crippen LogP contribution >= 0.6 is 0 Å². The molecule has 2 aliphatic heterocycles. The third kappa shape index (κ3) is 3.01. The molecular weight excluding hydrogens is 244 g/mol. The number of hydrogen-bond acceptors (Lipinski definition) is 2. The zero-order valence-electron chi connectivity index (χ0n) is 11.8. The van der Waals surface area contributed by atoms with Gasteiger partial charge in [0.25, 0.3) is 0 Å². The first-order chi connectivity index (χ1) is 9.00. The van der Waals surface area contributed by atoms with Crippen molar-refractivity contribution in [3.8, 4) is 0 Å². The number of aliphatic carboxylic acids is 1. The van der Waals surface area contributed by atoms with Crippen molar-refractivity contribution in [3.05, 3.63) is 0 Å². The molecule has 1 N–H and O–H groups in total. The third-order valence-corrected chi connectivity index (χ3v) is 4.65. The summed E-state index contributed by atoms with van der Waals surface area (Å²) in [7, 11) is 0. The number of hydrogen-bond donors (Lipinski definition) is 1. The van der Waals surface area contributed by atoms with E-state index < -0.39 is 5.97 Å². The number of nitrogens with zero attached hydrogens (tertiary/aromatic N) is 2. The van der Waals surface area contributed by atoms with E-state index in [1.165, 1.54) is 6.42 Å². The number of carbonyl (C=O) groups is 2. The molecule has 5 heteroatoms. The van der Waals surface area contributed by atoms with Gasteiger partial charge in [0.1, 0.15) is 0 Å². The lowest BCUT2D eigenvalue weighted by Crippen LogP contribution is -2.53. The molecule has 2 amide bonds. The molecule has 3 unspecified atom stereocenters. The van der Waals surface area contributed by atoms with Gasteiger partial charge in [0.05, 0.1) is 6.42 Å². The van der Waals surface area contributed by atoms with E-state index in [0.29, 0.717) is 12.5 Å². The van der Waals surface area contributed by atoms with E-state index in [0.717, 1.165) is 25.8 Å². The Balaban J connectivity index is 2.03. The van der Waals surface area contributed by atoms with E-state index in [4.69, 9.17) is 5.11 Å². The van der Waals surface area contributed by atoms with Gasteiger partial charge in [0, 0.05) is 25.2 Å². The van der Waals surface area contributed by atoms with E-state index in [9.17, 15) is 9.59 Å². The van der Waals surface area contributed by atoms with Gasteiger partial charge < -0.3 is 14.9 Å². The largest absolute Gasteiger partial charge is 0.481 e. The second-order valence-electron chi connectivity index (χ2n) is 5.92. The predicted octanol–water partition coefficient (Wildman–Crippen LogP) is 2.17. The van der Waals surface area contributed by atoms with Crippen LogP contribution in [0.25, 0.3) is 0 Å². The molecule has 0 aromatic heterocycles. The molecular formula is C14H24N2O3. The summed E-state index contributed by atoms with van der Waals surface area (Å²) in [6.45, 7) is 5.79. The molecule has 0 aromatic carbocycles. The SMILES string of the molecule is CC1CCCN(C(=O)N2CCCC2CC(=O)O)C1C. The Kier molecular flexibility index (Phi) is 4.32. The van der Waals surface area contributed by atoms with Crippen molar-refractivity contribution in [3.63, 3.8) is 0 Å².